The number of rotatable bonds is 5. The van der Waals surface area contributed by atoms with Crippen LogP contribution in [0.4, 0.5) is 0 Å². The van der Waals surface area contributed by atoms with Crippen molar-refractivity contribution in [1.29, 1.82) is 0 Å². The molecule has 0 unspecified atom stereocenters. The summed E-state index contributed by atoms with van der Waals surface area (Å²) in [6.45, 7) is 7.92. The van der Waals surface area contributed by atoms with Gasteiger partial charge < -0.3 is 4.74 Å². The molecule has 6 heteroatoms. The molecule has 5 nitrogen and oxygen atoms in total. The number of carbonyl (C=O) groups excluding carboxylic acids is 1. The van der Waals surface area contributed by atoms with E-state index in [1.807, 2.05) is 0 Å². The fourth-order valence-electron chi connectivity index (χ4n) is 1.22. The Labute approximate surface area is 103 Å². The molecule has 0 atom stereocenters. The molecule has 0 amide bonds. The molecule has 0 rings (SSSR count). The summed E-state index contributed by atoms with van der Waals surface area (Å²) in [5, 5.41) is 0. The first-order valence-corrected chi connectivity index (χ1v) is 6.95. The average molecular weight is 264 g/mol. The minimum atomic E-state index is -3.53. The molecule has 0 aromatic carbocycles. The molecule has 0 N–H and O–H groups in total. The van der Waals surface area contributed by atoms with E-state index in [1.165, 1.54) is 6.92 Å². The molecule has 0 fully saturated rings. The van der Waals surface area contributed by atoms with Crippen LogP contribution in [0.1, 0.15) is 34.6 Å². The molecule has 0 aliphatic heterocycles. The third-order valence-corrected chi connectivity index (χ3v) is 2.39. The van der Waals surface area contributed by atoms with Crippen LogP contribution in [0.2, 0.25) is 0 Å². The zero-order valence-corrected chi connectivity index (χ0v) is 11.9. The van der Waals surface area contributed by atoms with Crippen LogP contribution in [0.5, 0.6) is 0 Å². The fraction of sp³-hybridized carbons (Fsp3) is 0.727. The minimum Gasteiger partial charge on any atom is -0.456 e. The van der Waals surface area contributed by atoms with E-state index in [9.17, 15) is 13.2 Å². The first-order valence-electron chi connectivity index (χ1n) is 5.14. The van der Waals surface area contributed by atoms with E-state index in [1.54, 1.807) is 39.8 Å². The van der Waals surface area contributed by atoms with Gasteiger partial charge in [0.2, 0.25) is 0 Å². The Morgan fingerprint density at radius 1 is 1.06 bits per heavy atom. The summed E-state index contributed by atoms with van der Waals surface area (Å²) in [6, 6.07) is 0. The maximum absolute atomic E-state index is 11.0. The molecule has 0 aliphatic carbocycles. The van der Waals surface area contributed by atoms with E-state index in [0.717, 1.165) is 6.26 Å². The summed E-state index contributed by atoms with van der Waals surface area (Å²) in [7, 11) is -3.53. The fourth-order valence-corrected chi connectivity index (χ4v) is 2.06. The van der Waals surface area contributed by atoms with Crippen LogP contribution in [-0.2, 0) is 23.8 Å². The lowest BCUT2D eigenvalue weighted by atomic mass is 10.0. The average Bonchev–Trinajstić information content (AvgIpc) is 1.94. The highest BCUT2D eigenvalue weighted by atomic mass is 32.2. The van der Waals surface area contributed by atoms with Gasteiger partial charge in [0, 0.05) is 6.92 Å². The Balaban J connectivity index is 4.76. The van der Waals surface area contributed by atoms with Gasteiger partial charge in [0.25, 0.3) is 10.1 Å². The van der Waals surface area contributed by atoms with Crippen LogP contribution in [0, 0.1) is 0 Å². The zero-order chi connectivity index (χ0) is 13.9. The van der Waals surface area contributed by atoms with Crippen LogP contribution in [0.25, 0.3) is 0 Å². The number of hydrogen-bond acceptors (Lipinski definition) is 5. The van der Waals surface area contributed by atoms with Crippen LogP contribution in [0.15, 0.2) is 12.2 Å². The van der Waals surface area contributed by atoms with Crippen molar-refractivity contribution >= 4 is 16.1 Å². The number of esters is 1. The number of ether oxygens (including phenoxy) is 1. The number of carbonyl (C=O) groups is 1. The van der Waals surface area contributed by atoms with Crippen molar-refractivity contribution in [3.05, 3.63) is 12.2 Å². The highest BCUT2D eigenvalue weighted by Crippen LogP contribution is 2.18. The van der Waals surface area contributed by atoms with E-state index in [2.05, 4.69) is 0 Å². The molecule has 0 aromatic heterocycles. The highest BCUT2D eigenvalue weighted by Gasteiger charge is 2.24. The predicted molar refractivity (Wildman–Crippen MR) is 65.0 cm³/mol. The maximum atomic E-state index is 11.0. The van der Waals surface area contributed by atoms with Gasteiger partial charge in [-0.2, -0.15) is 8.42 Å². The van der Waals surface area contributed by atoms with Gasteiger partial charge in [-0.25, -0.2) is 0 Å². The van der Waals surface area contributed by atoms with Gasteiger partial charge in [0.1, 0.15) is 11.2 Å². The molecule has 0 aliphatic rings. The second-order valence-electron chi connectivity index (χ2n) is 4.92. The van der Waals surface area contributed by atoms with E-state index in [4.69, 9.17) is 8.92 Å². The molecule has 0 bridgehead atoms. The molecule has 0 saturated heterocycles. The Morgan fingerprint density at radius 3 is 1.82 bits per heavy atom. The van der Waals surface area contributed by atoms with Crippen LogP contribution < -0.4 is 0 Å². The molecular weight excluding hydrogens is 244 g/mol. The van der Waals surface area contributed by atoms with Gasteiger partial charge in [-0.1, -0.05) is 6.08 Å². The maximum Gasteiger partial charge on any atom is 0.303 e. The number of hydrogen-bond donors (Lipinski definition) is 0. The van der Waals surface area contributed by atoms with Crippen molar-refractivity contribution in [3.8, 4) is 0 Å². The van der Waals surface area contributed by atoms with Gasteiger partial charge >= 0.3 is 5.97 Å². The van der Waals surface area contributed by atoms with E-state index >= 15 is 0 Å². The topological polar surface area (TPSA) is 69.7 Å². The predicted octanol–water partition coefficient (Wildman–Crippen LogP) is 1.64. The van der Waals surface area contributed by atoms with E-state index in [0.29, 0.717) is 0 Å². The first kappa shape index (κ1) is 16.1. The van der Waals surface area contributed by atoms with E-state index < -0.39 is 27.3 Å². The highest BCUT2D eigenvalue weighted by molar-refractivity contribution is 7.86. The van der Waals surface area contributed by atoms with Crippen LogP contribution in [0.3, 0.4) is 0 Å². The SMILES string of the molecule is CC(=O)OC(C)(C)/C=C/C(C)(C)OS(C)(=O)=O. The van der Waals surface area contributed by atoms with Gasteiger partial charge in [-0.3, -0.25) is 8.98 Å². The van der Waals surface area contributed by atoms with Crippen molar-refractivity contribution in [3.63, 3.8) is 0 Å². The van der Waals surface area contributed by atoms with E-state index in [-0.39, 0.29) is 0 Å². The van der Waals surface area contributed by atoms with Crippen molar-refractivity contribution in [2.45, 2.75) is 45.8 Å². The molecule has 0 aromatic rings. The lowest BCUT2D eigenvalue weighted by molar-refractivity contribution is -0.149. The summed E-state index contributed by atoms with van der Waals surface area (Å²) in [4.78, 5) is 10.8. The van der Waals surface area contributed by atoms with Gasteiger partial charge in [0.05, 0.1) is 6.26 Å². The summed E-state index contributed by atoms with van der Waals surface area (Å²) in [6.07, 6.45) is 4.14. The van der Waals surface area contributed by atoms with Crippen molar-refractivity contribution in [1.82, 2.24) is 0 Å². The van der Waals surface area contributed by atoms with Crippen molar-refractivity contribution in [2.24, 2.45) is 0 Å². The summed E-state index contributed by atoms with van der Waals surface area (Å²) < 4.78 is 31.9. The molecular formula is C11H20O5S. The molecule has 100 valence electrons. The zero-order valence-electron chi connectivity index (χ0n) is 11.1. The van der Waals surface area contributed by atoms with Gasteiger partial charge in [-0.15, -0.1) is 0 Å². The second-order valence-corrected chi connectivity index (χ2v) is 6.50. The van der Waals surface area contributed by atoms with Gasteiger partial charge in [-0.05, 0) is 33.8 Å². The summed E-state index contributed by atoms with van der Waals surface area (Å²) in [5.74, 6) is -0.401. The van der Waals surface area contributed by atoms with Gasteiger partial charge in [0.15, 0.2) is 0 Å². The van der Waals surface area contributed by atoms with Crippen molar-refractivity contribution in [2.75, 3.05) is 6.26 Å². The monoisotopic (exact) mass is 264 g/mol. The lowest BCUT2D eigenvalue weighted by Gasteiger charge is -2.24. The summed E-state index contributed by atoms with van der Waals surface area (Å²) in [5.41, 5.74) is -1.78. The largest absolute Gasteiger partial charge is 0.456 e. The first-order chi connectivity index (χ1) is 7.33. The molecule has 0 heterocycles. The Bertz CT molecular complexity index is 404. The molecule has 17 heavy (non-hydrogen) atoms. The Morgan fingerprint density at radius 2 is 1.47 bits per heavy atom. The Hall–Kier alpha value is -0.880. The third-order valence-electron chi connectivity index (χ3n) is 1.66. The van der Waals surface area contributed by atoms with Crippen LogP contribution >= 0.6 is 0 Å². The molecule has 0 spiro atoms. The third kappa shape index (κ3) is 8.88. The van der Waals surface area contributed by atoms with Crippen molar-refractivity contribution < 1.29 is 22.1 Å². The van der Waals surface area contributed by atoms with Crippen LogP contribution in [-0.4, -0.2) is 31.8 Å². The standard InChI is InChI=1S/C11H20O5S/c1-9(12)15-10(2,3)7-8-11(4,5)16-17(6,13)14/h7-8H,1-6H3/b8-7+. The smallest absolute Gasteiger partial charge is 0.303 e. The molecule has 0 saturated carbocycles. The lowest BCUT2D eigenvalue weighted by Crippen LogP contribution is -2.29. The summed E-state index contributed by atoms with van der Waals surface area (Å²) >= 11 is 0. The Kier molecular flexibility index (Phi) is 4.91. The quantitative estimate of drug-likeness (QED) is 0.429. The second kappa shape index (κ2) is 5.18. The normalized spacial score (nSPS) is 14.0. The molecule has 0 radical (unpaired) electrons. The minimum absolute atomic E-state index is 0.401.